The zero-order valence-electron chi connectivity index (χ0n) is 11.6. The Bertz CT molecular complexity index is 383. The summed E-state index contributed by atoms with van der Waals surface area (Å²) in [5.74, 6) is 1.50. The molecule has 0 spiro atoms. The van der Waals surface area contributed by atoms with Crippen LogP contribution in [0.25, 0.3) is 0 Å². The maximum absolute atomic E-state index is 12.2. The van der Waals surface area contributed by atoms with Crippen LogP contribution < -0.4 is 0 Å². The molecule has 2 rings (SSSR count). The van der Waals surface area contributed by atoms with Crippen molar-refractivity contribution in [2.75, 3.05) is 0 Å². The molecule has 1 aliphatic rings. The van der Waals surface area contributed by atoms with Crippen LogP contribution in [0.1, 0.15) is 51.3 Å². The van der Waals surface area contributed by atoms with Gasteiger partial charge >= 0.3 is 0 Å². The van der Waals surface area contributed by atoms with E-state index in [4.69, 9.17) is 0 Å². The summed E-state index contributed by atoms with van der Waals surface area (Å²) in [5, 5.41) is 0. The van der Waals surface area contributed by atoms with Crippen LogP contribution in [0.3, 0.4) is 0 Å². The van der Waals surface area contributed by atoms with Crippen LogP contribution >= 0.6 is 11.3 Å². The van der Waals surface area contributed by atoms with Crippen LogP contribution in [0, 0.1) is 17.3 Å². The Morgan fingerprint density at radius 2 is 2.00 bits per heavy atom. The van der Waals surface area contributed by atoms with Crippen LogP contribution in [-0.4, -0.2) is 10.8 Å². The van der Waals surface area contributed by atoms with Gasteiger partial charge in [-0.25, -0.2) is 0 Å². The smallest absolute Gasteiger partial charge is 0.141 e. The highest BCUT2D eigenvalue weighted by Crippen LogP contribution is 2.40. The van der Waals surface area contributed by atoms with E-state index in [9.17, 15) is 4.79 Å². The Kier molecular flexibility index (Phi) is 4.21. The zero-order valence-corrected chi connectivity index (χ0v) is 12.4. The molecule has 0 N–H and O–H groups in total. The lowest BCUT2D eigenvalue weighted by molar-refractivity contribution is -0.123. The highest BCUT2D eigenvalue weighted by molar-refractivity contribution is 7.09. The summed E-state index contributed by atoms with van der Waals surface area (Å²) in [6, 6.07) is 0. The van der Waals surface area contributed by atoms with Crippen molar-refractivity contribution < 1.29 is 4.79 Å². The second-order valence-electron chi connectivity index (χ2n) is 6.53. The van der Waals surface area contributed by atoms with Gasteiger partial charge in [0.05, 0.1) is 5.51 Å². The molecule has 1 saturated carbocycles. The molecule has 100 valence electrons. The van der Waals surface area contributed by atoms with Crippen LogP contribution in [0.4, 0.5) is 0 Å². The van der Waals surface area contributed by atoms with Gasteiger partial charge in [-0.05, 0) is 37.0 Å². The molecule has 2 nitrogen and oxygen atoms in total. The van der Waals surface area contributed by atoms with Crippen LogP contribution in [-0.2, 0) is 11.2 Å². The molecule has 0 saturated heterocycles. The average Bonchev–Trinajstić information content (AvgIpc) is 2.81. The first-order chi connectivity index (χ1) is 8.47. The van der Waals surface area contributed by atoms with E-state index >= 15 is 0 Å². The van der Waals surface area contributed by atoms with Gasteiger partial charge < -0.3 is 0 Å². The van der Waals surface area contributed by atoms with Crippen molar-refractivity contribution >= 4 is 17.1 Å². The third-order valence-electron chi connectivity index (χ3n) is 4.24. The molecule has 18 heavy (non-hydrogen) atoms. The van der Waals surface area contributed by atoms with E-state index in [1.54, 1.807) is 16.8 Å². The second kappa shape index (κ2) is 5.52. The number of Topliss-reactive ketones (excluding diaryl/α,β-unsaturated/α-hetero) is 1. The lowest BCUT2D eigenvalue weighted by atomic mass is 9.69. The predicted octanol–water partition coefficient (Wildman–Crippen LogP) is 4.11. The number of thiazole rings is 1. The SMILES string of the molecule is CC(C)(C)C1CCC(C(=O)Cc2cncs2)CC1. The zero-order chi connectivity index (χ0) is 13.2. The van der Waals surface area contributed by atoms with E-state index in [0.29, 0.717) is 23.5 Å². The molecule has 3 heteroatoms. The van der Waals surface area contributed by atoms with Gasteiger partial charge in [0.25, 0.3) is 0 Å². The number of carbonyl (C=O) groups excluding carboxylic acids is 1. The lowest BCUT2D eigenvalue weighted by Gasteiger charge is -2.36. The van der Waals surface area contributed by atoms with E-state index in [0.717, 1.165) is 23.6 Å². The molecule has 1 aromatic rings. The molecular weight excluding hydrogens is 242 g/mol. The van der Waals surface area contributed by atoms with Gasteiger partial charge in [0.1, 0.15) is 5.78 Å². The van der Waals surface area contributed by atoms with Gasteiger partial charge in [-0.2, -0.15) is 0 Å². The molecule has 1 aromatic heterocycles. The van der Waals surface area contributed by atoms with Crippen molar-refractivity contribution in [1.82, 2.24) is 4.98 Å². The standard InChI is InChI=1S/C15H23NOS/c1-15(2,3)12-6-4-11(5-7-12)14(17)8-13-9-16-10-18-13/h9-12H,4-8H2,1-3H3. The summed E-state index contributed by atoms with van der Waals surface area (Å²) in [4.78, 5) is 17.3. The number of aromatic nitrogens is 1. The fraction of sp³-hybridized carbons (Fsp3) is 0.733. The largest absolute Gasteiger partial charge is 0.299 e. The molecule has 0 amide bonds. The fourth-order valence-corrected chi connectivity index (χ4v) is 3.53. The Morgan fingerprint density at radius 1 is 1.33 bits per heavy atom. The number of carbonyl (C=O) groups is 1. The van der Waals surface area contributed by atoms with E-state index in [-0.39, 0.29) is 0 Å². The summed E-state index contributed by atoms with van der Waals surface area (Å²) in [6.45, 7) is 6.95. The summed E-state index contributed by atoms with van der Waals surface area (Å²) in [6.07, 6.45) is 7.00. The van der Waals surface area contributed by atoms with Crippen LogP contribution in [0.5, 0.6) is 0 Å². The Morgan fingerprint density at radius 3 is 2.50 bits per heavy atom. The maximum atomic E-state index is 12.2. The van der Waals surface area contributed by atoms with Crippen LogP contribution in [0.2, 0.25) is 0 Å². The van der Waals surface area contributed by atoms with Crippen LogP contribution in [0.15, 0.2) is 11.7 Å². The van der Waals surface area contributed by atoms with Crippen molar-refractivity contribution in [3.8, 4) is 0 Å². The number of nitrogens with zero attached hydrogens (tertiary/aromatic N) is 1. The summed E-state index contributed by atoms with van der Waals surface area (Å²) in [7, 11) is 0. The molecule has 0 radical (unpaired) electrons. The molecule has 0 atom stereocenters. The van der Waals surface area contributed by atoms with Crippen molar-refractivity contribution in [3.05, 3.63) is 16.6 Å². The molecule has 0 bridgehead atoms. The molecule has 0 aromatic carbocycles. The quantitative estimate of drug-likeness (QED) is 0.823. The molecule has 0 aliphatic heterocycles. The normalized spacial score (nSPS) is 25.1. The number of hydrogen-bond donors (Lipinski definition) is 0. The number of hydrogen-bond acceptors (Lipinski definition) is 3. The first kappa shape index (κ1) is 13.7. The van der Waals surface area contributed by atoms with Crippen molar-refractivity contribution in [2.45, 2.75) is 52.9 Å². The van der Waals surface area contributed by atoms with Gasteiger partial charge in [0.15, 0.2) is 0 Å². The second-order valence-corrected chi connectivity index (χ2v) is 7.50. The average molecular weight is 265 g/mol. The minimum Gasteiger partial charge on any atom is -0.299 e. The monoisotopic (exact) mass is 265 g/mol. The summed E-state index contributed by atoms with van der Waals surface area (Å²) < 4.78 is 0. The highest BCUT2D eigenvalue weighted by Gasteiger charge is 2.32. The van der Waals surface area contributed by atoms with Gasteiger partial charge in [-0.3, -0.25) is 9.78 Å². The Labute approximate surface area is 114 Å². The first-order valence-corrected chi connectivity index (χ1v) is 7.75. The molecule has 0 unspecified atom stereocenters. The number of ketones is 1. The third-order valence-corrected chi connectivity index (χ3v) is 5.02. The van der Waals surface area contributed by atoms with E-state index in [1.165, 1.54) is 12.8 Å². The summed E-state index contributed by atoms with van der Waals surface area (Å²) >= 11 is 1.59. The fourth-order valence-electron chi connectivity index (χ4n) is 2.93. The van der Waals surface area contributed by atoms with Crippen molar-refractivity contribution in [2.24, 2.45) is 17.3 Å². The Balaban J connectivity index is 1.84. The maximum Gasteiger partial charge on any atom is 0.141 e. The Hall–Kier alpha value is -0.700. The van der Waals surface area contributed by atoms with Gasteiger partial charge in [0, 0.05) is 23.4 Å². The van der Waals surface area contributed by atoms with Gasteiger partial charge in [-0.15, -0.1) is 11.3 Å². The molecule has 1 aliphatic carbocycles. The summed E-state index contributed by atoms with van der Waals surface area (Å²) in [5.41, 5.74) is 2.20. The first-order valence-electron chi connectivity index (χ1n) is 6.87. The third kappa shape index (κ3) is 3.41. The van der Waals surface area contributed by atoms with Crippen molar-refractivity contribution in [1.29, 1.82) is 0 Å². The molecule has 1 heterocycles. The topological polar surface area (TPSA) is 30.0 Å². The van der Waals surface area contributed by atoms with E-state index < -0.39 is 0 Å². The van der Waals surface area contributed by atoms with Gasteiger partial charge in [-0.1, -0.05) is 20.8 Å². The van der Waals surface area contributed by atoms with E-state index in [1.807, 2.05) is 6.20 Å². The lowest BCUT2D eigenvalue weighted by Crippen LogP contribution is -2.29. The number of rotatable bonds is 3. The van der Waals surface area contributed by atoms with Crippen molar-refractivity contribution in [3.63, 3.8) is 0 Å². The molecular formula is C15H23NOS. The highest BCUT2D eigenvalue weighted by atomic mass is 32.1. The predicted molar refractivity (Wildman–Crippen MR) is 75.7 cm³/mol. The minimum absolute atomic E-state index is 0.297. The van der Waals surface area contributed by atoms with E-state index in [2.05, 4.69) is 25.8 Å². The minimum atomic E-state index is 0.297. The molecule has 1 fully saturated rings. The van der Waals surface area contributed by atoms with Gasteiger partial charge in [0.2, 0.25) is 0 Å².